The molecular weight excluding hydrogens is 1270 g/mol. The van der Waals surface area contributed by atoms with Crippen molar-refractivity contribution in [3.63, 3.8) is 0 Å². The van der Waals surface area contributed by atoms with E-state index in [9.17, 15) is 74.4 Å². The third-order valence-electron chi connectivity index (χ3n) is 17.8. The van der Waals surface area contributed by atoms with Gasteiger partial charge in [-0.25, -0.2) is 11.8 Å². The Morgan fingerprint density at radius 2 is 1.25 bits per heavy atom. The summed E-state index contributed by atoms with van der Waals surface area (Å²) in [4.78, 5) is 113. The van der Waals surface area contributed by atoms with Crippen molar-refractivity contribution in [2.24, 2.45) is 5.92 Å². The smallest absolute Gasteiger partial charge is 0.261 e. The highest BCUT2D eigenvalue weighted by molar-refractivity contribution is 7.90. The molecule has 5 fully saturated rings. The van der Waals surface area contributed by atoms with E-state index in [2.05, 4.69) is 93.6 Å². The summed E-state index contributed by atoms with van der Waals surface area (Å²) in [6, 6.07) is 14.1. The molecule has 0 saturated carbocycles. The van der Waals surface area contributed by atoms with Crippen LogP contribution in [-0.4, -0.2) is 248 Å². The minimum absolute atomic E-state index is 0.00792. The molecule has 4 aromatic rings. The van der Waals surface area contributed by atoms with Gasteiger partial charge in [0.25, 0.3) is 18.2 Å². The molecule has 4 aromatic carbocycles. The predicted molar refractivity (Wildman–Crippen MR) is 344 cm³/mol. The second-order valence-corrected chi connectivity index (χ2v) is 25.2. The number of carbonyl (C=O) groups is 7. The van der Waals surface area contributed by atoms with Gasteiger partial charge in [-0.3, -0.25) is 33.6 Å². The van der Waals surface area contributed by atoms with Crippen LogP contribution in [-0.2, 0) is 42.9 Å². The first-order chi connectivity index (χ1) is 45.8. The van der Waals surface area contributed by atoms with Crippen LogP contribution < -0.4 is 45.5 Å². The van der Waals surface area contributed by atoms with Crippen molar-refractivity contribution >= 4 is 70.7 Å². The Bertz CT molecular complexity index is 3430. The largest absolute Gasteiger partial charge is 0.504 e. The molecule has 5 heterocycles. The van der Waals surface area contributed by atoms with Gasteiger partial charge in [0.15, 0.2) is 17.6 Å². The maximum atomic E-state index is 14.7. The molecule has 7 amide bonds. The lowest BCUT2D eigenvalue weighted by atomic mass is 9.96. The van der Waals surface area contributed by atoms with E-state index in [1.807, 2.05) is 24.3 Å². The van der Waals surface area contributed by atoms with E-state index in [1.165, 1.54) is 24.7 Å². The molecule has 32 heteroatoms. The van der Waals surface area contributed by atoms with Gasteiger partial charge in [-0.2, -0.15) is 0 Å². The number of ether oxygens (including phenoxy) is 1. The average molecular weight is 1360 g/mol. The van der Waals surface area contributed by atoms with Crippen LogP contribution in [0.2, 0.25) is 0 Å². The highest BCUT2D eigenvalue weighted by Gasteiger charge is 2.51. The molecule has 31 nitrogen and oxygen atoms in total. The van der Waals surface area contributed by atoms with Gasteiger partial charge in [0.05, 0.1) is 36.6 Å². The molecule has 96 heavy (non-hydrogen) atoms. The summed E-state index contributed by atoms with van der Waals surface area (Å²) in [7, 11) is 0. The van der Waals surface area contributed by atoms with Crippen LogP contribution in [0.5, 0.6) is 11.5 Å². The number of rotatable bonds is 16. The molecule has 9 unspecified atom stereocenters. The first kappa shape index (κ1) is 71.9. The Kier molecular flexibility index (Phi) is 24.0. The quantitative estimate of drug-likeness (QED) is 0.0204. The number of phenols is 1. The van der Waals surface area contributed by atoms with E-state index in [0.29, 0.717) is 0 Å². The Morgan fingerprint density at radius 3 is 1.84 bits per heavy atom. The number of aliphatic hydroxyl groups excluding tert-OH is 7. The fourth-order valence-electron chi connectivity index (χ4n) is 12.7. The van der Waals surface area contributed by atoms with Crippen LogP contribution in [0.25, 0.3) is 16.0 Å². The van der Waals surface area contributed by atoms with Crippen molar-refractivity contribution in [1.29, 1.82) is 0 Å². The minimum Gasteiger partial charge on any atom is -0.504 e. The van der Waals surface area contributed by atoms with Gasteiger partial charge in [-0.1, -0.05) is 46.6 Å². The number of aromatic hydroxyl groups is 1. The number of hydrogen-bond acceptors (Lipinski definition) is 24. The molecule has 0 aliphatic carbocycles. The zero-order chi connectivity index (χ0) is 69.2. The van der Waals surface area contributed by atoms with Crippen molar-refractivity contribution in [1.82, 2.24) is 36.4 Å². The molecule has 518 valence electrons. The monoisotopic (exact) mass is 1360 g/mol. The SMILES string of the molecule is [C-]#[N+]C[C@@H](O)[C@@H]1NC(=O)C([C@H](O)[C@@H](O)c2ccc(O)c(OSOOO)c2)NC(=O)C2CC(O)CN2C(=O)C(C(C)O)NC(=O)[C@@H](NC(=O)c2ccc(-c3ccc(N4CCN(c5ccc(N6CC(C)OC(C)C6)cc5)CC4)cc3)cc2)C[C@H](O)CNC(=O)C2[C@@H](O)C(C)CN2C1=O. The maximum absolute atomic E-state index is 14.7. The molecule has 5 aliphatic rings. The first-order valence-corrected chi connectivity index (χ1v) is 32.1. The van der Waals surface area contributed by atoms with Crippen LogP contribution in [0.15, 0.2) is 91.0 Å². The van der Waals surface area contributed by atoms with Crippen molar-refractivity contribution in [3.05, 3.63) is 114 Å². The number of fused-ring (bicyclic) bond motifs is 2. The highest BCUT2D eigenvalue weighted by atomic mass is 32.2. The second kappa shape index (κ2) is 32.1. The number of phenolic OH excluding ortho intramolecular Hbond substituents is 1. The van der Waals surface area contributed by atoms with Gasteiger partial charge in [0, 0.05) is 100 Å². The number of β-amino-alcohol motifs (C(OH)–C–C–N with tert-alkyl or cyclic N) is 1. The van der Waals surface area contributed by atoms with E-state index in [-0.39, 0.29) is 35.7 Å². The number of nitrogens with one attached hydrogen (secondary N) is 5. The third-order valence-corrected chi connectivity index (χ3v) is 18.2. The van der Waals surface area contributed by atoms with Gasteiger partial charge in [0.1, 0.15) is 48.5 Å². The fraction of sp³-hybridized carbons (Fsp3) is 0.500. The summed E-state index contributed by atoms with van der Waals surface area (Å²) < 4.78 is 15.1. The summed E-state index contributed by atoms with van der Waals surface area (Å²) >= 11 is -0.00792. The number of nitrogens with zero attached hydrogens (tertiary/aromatic N) is 6. The van der Waals surface area contributed by atoms with Gasteiger partial charge in [-0.15, -0.1) is 0 Å². The summed E-state index contributed by atoms with van der Waals surface area (Å²) in [5, 5.41) is 114. The van der Waals surface area contributed by atoms with Crippen molar-refractivity contribution < 1.29 is 98.0 Å². The lowest BCUT2D eigenvalue weighted by Gasteiger charge is -2.38. The van der Waals surface area contributed by atoms with E-state index in [4.69, 9.17) is 20.7 Å². The summed E-state index contributed by atoms with van der Waals surface area (Å²) in [5.41, 5.74) is 4.67. The molecule has 14 N–H and O–H groups in total. The predicted octanol–water partition coefficient (Wildman–Crippen LogP) is -1.28. The molecule has 16 atom stereocenters. The van der Waals surface area contributed by atoms with Crippen molar-refractivity contribution in [2.45, 2.75) is 132 Å². The van der Waals surface area contributed by atoms with Crippen molar-refractivity contribution in [3.8, 4) is 22.6 Å². The molecular formula is C64H81N11O20S. The van der Waals surface area contributed by atoms with Crippen LogP contribution in [0.4, 0.5) is 17.1 Å². The number of carbonyl (C=O) groups excluding carboxylic acids is 7. The zero-order valence-corrected chi connectivity index (χ0v) is 53.8. The topological polar surface area (TPSA) is 419 Å². The standard InChI is InChI=1S/C64H81N11O20S/c1-33-29-75-54(55(33)81)62(88)66-27-44(77)25-46(67-58(84)39-8-6-37(7-9-39)38-10-13-41(14-11-38)71-20-22-72(23-21-71)42-15-17-43(18-16-42)73-30-34(2)92-35(3)31-73)59(85)68-51(36(4)76)63(89)74-32-45(78)26-47(74)60(86)70-53(61(87)69-52(64(75)90)49(80)28-65-5)57(83)56(82)40-12-19-48(79)50(24-40)93-96-95-94-91/h6-19,24,33-36,44-47,49,51-57,76-83,91H,20-23,25-32H2,1-4H3,(H,66,88)(H,67,84)(H,68,85)(H,69,87)(H,70,86)/t33?,34?,35?,36?,44-,45?,46-,47?,49+,51?,52-,53?,54?,55-,56-,57-/m0/s1. The normalized spacial score (nSPS) is 27.9. The fourth-order valence-corrected chi connectivity index (χ4v) is 13.0. The molecule has 0 aromatic heterocycles. The number of morpholine rings is 1. The molecule has 0 spiro atoms. The zero-order valence-electron chi connectivity index (χ0n) is 53.0. The Balaban J connectivity index is 0.941. The number of hydrogen-bond donors (Lipinski definition) is 14. The van der Waals surface area contributed by atoms with Crippen LogP contribution in [0.3, 0.4) is 0 Å². The van der Waals surface area contributed by atoms with E-state index < -0.39 is 177 Å². The molecule has 0 bridgehead atoms. The average Bonchev–Trinajstić information content (AvgIpc) is 0.866. The Labute approximate surface area is 556 Å². The summed E-state index contributed by atoms with van der Waals surface area (Å²) in [6.45, 7) is 16.6. The number of anilines is 3. The lowest BCUT2D eigenvalue weighted by molar-refractivity contribution is -0.433. The lowest BCUT2D eigenvalue weighted by Crippen LogP contribution is -2.64. The van der Waals surface area contributed by atoms with E-state index in [1.54, 1.807) is 12.1 Å². The summed E-state index contributed by atoms with van der Waals surface area (Å²) in [5.74, 6) is -10.3. The number of amides is 7. The van der Waals surface area contributed by atoms with Crippen LogP contribution in [0, 0.1) is 12.5 Å². The van der Waals surface area contributed by atoms with E-state index >= 15 is 0 Å². The third kappa shape index (κ3) is 17.0. The Morgan fingerprint density at radius 1 is 0.688 bits per heavy atom. The van der Waals surface area contributed by atoms with Crippen LogP contribution in [0.1, 0.15) is 62.6 Å². The highest BCUT2D eigenvalue weighted by Crippen LogP contribution is 2.35. The molecule has 5 saturated heterocycles. The molecule has 5 aliphatic heterocycles. The van der Waals surface area contributed by atoms with E-state index in [0.717, 1.165) is 96.7 Å². The van der Waals surface area contributed by atoms with Gasteiger partial charge in [-0.05, 0) is 98.1 Å². The second-order valence-electron chi connectivity index (χ2n) is 24.8. The van der Waals surface area contributed by atoms with Gasteiger partial charge >= 0.3 is 0 Å². The van der Waals surface area contributed by atoms with Crippen LogP contribution >= 0.6 is 12.3 Å². The number of benzene rings is 4. The number of piperazine rings is 1. The van der Waals surface area contributed by atoms with Crippen molar-refractivity contribution in [2.75, 3.05) is 80.1 Å². The minimum atomic E-state index is -2.49. The van der Waals surface area contributed by atoms with Gasteiger partial charge < -0.3 is 106 Å². The Hall–Kier alpha value is -8.43. The first-order valence-electron chi connectivity index (χ1n) is 31.4. The molecule has 9 rings (SSSR count). The maximum Gasteiger partial charge on any atom is 0.261 e. The number of aliphatic hydroxyl groups is 7. The molecule has 0 radical (unpaired) electrons. The van der Waals surface area contributed by atoms with Gasteiger partial charge in [0.2, 0.25) is 42.0 Å². The summed E-state index contributed by atoms with van der Waals surface area (Å²) in [6.07, 6.45) is -14.4.